The lowest BCUT2D eigenvalue weighted by atomic mass is 10.1. The standard InChI is InChI=1S/C18H17NO6/c1-10-3-4-12(7-14(10)20)18(22)25-11(2)17(21)19-13-5-6-15-16(8-13)24-9-23-15/h3-8,11,20H,9H2,1-2H3,(H,19,21)/t11-/m0/s1. The highest BCUT2D eigenvalue weighted by molar-refractivity contribution is 5.97. The molecule has 25 heavy (non-hydrogen) atoms. The fourth-order valence-corrected chi connectivity index (χ4v) is 2.24. The van der Waals surface area contributed by atoms with Gasteiger partial charge >= 0.3 is 5.97 Å². The molecule has 1 heterocycles. The van der Waals surface area contributed by atoms with Gasteiger partial charge in [0.1, 0.15) is 5.75 Å². The predicted octanol–water partition coefficient (Wildman–Crippen LogP) is 2.61. The van der Waals surface area contributed by atoms with E-state index in [0.29, 0.717) is 22.7 Å². The summed E-state index contributed by atoms with van der Waals surface area (Å²) in [6.07, 6.45) is -1.01. The third kappa shape index (κ3) is 3.65. The van der Waals surface area contributed by atoms with Gasteiger partial charge in [-0.25, -0.2) is 4.79 Å². The minimum absolute atomic E-state index is 0.00749. The van der Waals surface area contributed by atoms with Crippen molar-refractivity contribution in [3.8, 4) is 17.2 Å². The van der Waals surface area contributed by atoms with Crippen LogP contribution in [0.15, 0.2) is 36.4 Å². The Morgan fingerprint density at radius 1 is 1.16 bits per heavy atom. The van der Waals surface area contributed by atoms with Crippen LogP contribution in [0.4, 0.5) is 5.69 Å². The molecule has 7 nitrogen and oxygen atoms in total. The number of benzene rings is 2. The van der Waals surface area contributed by atoms with Gasteiger partial charge in [-0.2, -0.15) is 0 Å². The number of anilines is 1. The number of nitrogens with one attached hydrogen (secondary N) is 1. The summed E-state index contributed by atoms with van der Waals surface area (Å²) in [6.45, 7) is 3.32. The summed E-state index contributed by atoms with van der Waals surface area (Å²) in [5.41, 5.74) is 1.32. The number of fused-ring (bicyclic) bond motifs is 1. The number of aromatic hydroxyl groups is 1. The van der Waals surface area contributed by atoms with E-state index < -0.39 is 18.0 Å². The van der Waals surface area contributed by atoms with Crippen LogP contribution in [0, 0.1) is 6.92 Å². The molecule has 0 fully saturated rings. The van der Waals surface area contributed by atoms with Crippen LogP contribution in [0.3, 0.4) is 0 Å². The molecule has 2 N–H and O–H groups in total. The van der Waals surface area contributed by atoms with Crippen LogP contribution in [0.5, 0.6) is 17.2 Å². The van der Waals surface area contributed by atoms with Crippen molar-refractivity contribution in [2.24, 2.45) is 0 Å². The van der Waals surface area contributed by atoms with E-state index in [1.54, 1.807) is 31.2 Å². The lowest BCUT2D eigenvalue weighted by Crippen LogP contribution is -2.30. The van der Waals surface area contributed by atoms with Gasteiger partial charge in [0.15, 0.2) is 17.6 Å². The average Bonchev–Trinajstić information content (AvgIpc) is 3.04. The van der Waals surface area contributed by atoms with Crippen molar-refractivity contribution in [2.45, 2.75) is 20.0 Å². The first-order valence-corrected chi connectivity index (χ1v) is 7.65. The summed E-state index contributed by atoms with van der Waals surface area (Å²) in [5, 5.41) is 12.3. The van der Waals surface area contributed by atoms with Gasteiger partial charge in [-0.1, -0.05) is 6.07 Å². The van der Waals surface area contributed by atoms with Crippen LogP contribution >= 0.6 is 0 Å². The highest BCUT2D eigenvalue weighted by Crippen LogP contribution is 2.34. The van der Waals surface area contributed by atoms with Crippen LogP contribution in [0.2, 0.25) is 0 Å². The smallest absolute Gasteiger partial charge is 0.339 e. The number of aryl methyl sites for hydroxylation is 1. The first kappa shape index (κ1) is 16.6. The molecule has 0 saturated carbocycles. The van der Waals surface area contributed by atoms with E-state index >= 15 is 0 Å². The van der Waals surface area contributed by atoms with Crippen molar-refractivity contribution in [2.75, 3.05) is 12.1 Å². The summed E-state index contributed by atoms with van der Waals surface area (Å²) >= 11 is 0. The summed E-state index contributed by atoms with van der Waals surface area (Å²) < 4.78 is 15.6. The second kappa shape index (κ2) is 6.72. The SMILES string of the molecule is Cc1ccc(C(=O)O[C@@H](C)C(=O)Nc2ccc3c(c2)OCO3)cc1O. The third-order valence-electron chi connectivity index (χ3n) is 3.74. The first-order chi connectivity index (χ1) is 11.9. The van der Waals surface area contributed by atoms with Crippen molar-refractivity contribution in [1.82, 2.24) is 0 Å². The second-order valence-electron chi connectivity index (χ2n) is 5.61. The molecule has 1 aliphatic rings. The maximum Gasteiger partial charge on any atom is 0.339 e. The van der Waals surface area contributed by atoms with E-state index in [1.165, 1.54) is 19.1 Å². The van der Waals surface area contributed by atoms with E-state index in [1.807, 2.05) is 0 Å². The van der Waals surface area contributed by atoms with Gasteiger partial charge in [0.2, 0.25) is 6.79 Å². The van der Waals surface area contributed by atoms with Crippen LogP contribution in [0.25, 0.3) is 0 Å². The Morgan fingerprint density at radius 3 is 2.68 bits per heavy atom. The molecule has 0 bridgehead atoms. The molecule has 2 aromatic rings. The molecular formula is C18H17NO6. The number of esters is 1. The van der Waals surface area contributed by atoms with Crippen molar-refractivity contribution in [3.63, 3.8) is 0 Å². The average molecular weight is 343 g/mol. The van der Waals surface area contributed by atoms with Crippen LogP contribution in [-0.2, 0) is 9.53 Å². The number of phenolic OH excluding ortho intramolecular Hbond substituents is 1. The number of carbonyl (C=O) groups is 2. The van der Waals surface area contributed by atoms with E-state index in [2.05, 4.69) is 5.32 Å². The zero-order valence-electron chi connectivity index (χ0n) is 13.7. The van der Waals surface area contributed by atoms with E-state index in [9.17, 15) is 14.7 Å². The molecule has 3 rings (SSSR count). The number of phenols is 1. The Labute approximate surface area is 144 Å². The number of hydrogen-bond acceptors (Lipinski definition) is 6. The Balaban J connectivity index is 1.62. The predicted molar refractivity (Wildman–Crippen MR) is 88.9 cm³/mol. The number of carbonyl (C=O) groups excluding carboxylic acids is 2. The Kier molecular flexibility index (Phi) is 4.47. The van der Waals surface area contributed by atoms with Crippen LogP contribution in [0.1, 0.15) is 22.8 Å². The maximum atomic E-state index is 12.2. The molecule has 0 aromatic heterocycles. The number of ether oxygens (including phenoxy) is 3. The summed E-state index contributed by atoms with van der Waals surface area (Å²) in [4.78, 5) is 24.3. The lowest BCUT2D eigenvalue weighted by Gasteiger charge is -2.14. The quantitative estimate of drug-likeness (QED) is 0.829. The Hall–Kier alpha value is -3.22. The molecule has 1 amide bonds. The zero-order chi connectivity index (χ0) is 18.0. The van der Waals surface area contributed by atoms with Gasteiger partial charge in [0.25, 0.3) is 5.91 Å². The Bertz CT molecular complexity index is 832. The molecule has 2 aromatic carbocycles. The van der Waals surface area contributed by atoms with Gasteiger partial charge < -0.3 is 24.6 Å². The summed E-state index contributed by atoms with van der Waals surface area (Å²) in [5.74, 6) is -0.0340. The molecule has 130 valence electrons. The molecule has 7 heteroatoms. The minimum Gasteiger partial charge on any atom is -0.508 e. The van der Waals surface area contributed by atoms with Crippen molar-refractivity contribution in [1.29, 1.82) is 0 Å². The van der Waals surface area contributed by atoms with E-state index in [4.69, 9.17) is 14.2 Å². The van der Waals surface area contributed by atoms with Crippen molar-refractivity contribution < 1.29 is 28.9 Å². The molecular weight excluding hydrogens is 326 g/mol. The fourth-order valence-electron chi connectivity index (χ4n) is 2.24. The molecule has 1 aliphatic heterocycles. The minimum atomic E-state index is -1.01. The molecule has 0 spiro atoms. The molecule has 1 atom stereocenters. The van der Waals surface area contributed by atoms with Crippen molar-refractivity contribution >= 4 is 17.6 Å². The van der Waals surface area contributed by atoms with Gasteiger partial charge in [0, 0.05) is 11.8 Å². The topological polar surface area (TPSA) is 94.1 Å². The summed E-state index contributed by atoms with van der Waals surface area (Å²) in [6, 6.07) is 9.41. The second-order valence-corrected chi connectivity index (χ2v) is 5.61. The number of rotatable bonds is 4. The van der Waals surface area contributed by atoms with Gasteiger partial charge in [-0.3, -0.25) is 4.79 Å². The highest BCUT2D eigenvalue weighted by Gasteiger charge is 2.21. The van der Waals surface area contributed by atoms with Crippen LogP contribution < -0.4 is 14.8 Å². The maximum absolute atomic E-state index is 12.2. The third-order valence-corrected chi connectivity index (χ3v) is 3.74. The summed E-state index contributed by atoms with van der Waals surface area (Å²) in [7, 11) is 0. The van der Waals surface area contributed by atoms with E-state index in [0.717, 1.165) is 0 Å². The van der Waals surface area contributed by atoms with Gasteiger partial charge in [-0.15, -0.1) is 0 Å². The van der Waals surface area contributed by atoms with Gasteiger partial charge in [0.05, 0.1) is 5.56 Å². The molecule has 0 radical (unpaired) electrons. The first-order valence-electron chi connectivity index (χ1n) is 7.65. The van der Waals surface area contributed by atoms with E-state index in [-0.39, 0.29) is 18.1 Å². The van der Waals surface area contributed by atoms with Gasteiger partial charge in [-0.05, 0) is 43.7 Å². The normalized spacial score (nSPS) is 13.2. The molecule has 0 aliphatic carbocycles. The Morgan fingerprint density at radius 2 is 1.92 bits per heavy atom. The molecule has 0 saturated heterocycles. The highest BCUT2D eigenvalue weighted by atomic mass is 16.7. The monoisotopic (exact) mass is 343 g/mol. The largest absolute Gasteiger partial charge is 0.508 e. The van der Waals surface area contributed by atoms with Crippen molar-refractivity contribution in [3.05, 3.63) is 47.5 Å². The van der Waals surface area contributed by atoms with Crippen LogP contribution in [-0.4, -0.2) is 29.9 Å². The molecule has 0 unspecified atom stereocenters. The fraction of sp³-hybridized carbons (Fsp3) is 0.222. The number of amides is 1. The zero-order valence-corrected chi connectivity index (χ0v) is 13.7. The lowest BCUT2D eigenvalue weighted by molar-refractivity contribution is -0.123. The number of hydrogen-bond donors (Lipinski definition) is 2.